The standard InChI is InChI=1S/C30H42O12S2/c1-21-5-9-23(10-6-21)43(31,32)41-29(17-37-19-35-3)27-15-13-25(39-27)26-14-16-28(40-26)30(18-38-20-36-4)42-44(33,34)24-11-7-22(2)8-12-24/h5-12,25-30H,13-20H2,1-4H3/t25-,26-,27-,28-,29+,30+/m1/s1. The second-order valence-electron chi connectivity index (χ2n) is 10.9. The first kappa shape index (κ1) is 34.9. The van der Waals surface area contributed by atoms with Crippen LogP contribution < -0.4 is 0 Å². The molecule has 14 heteroatoms. The van der Waals surface area contributed by atoms with E-state index in [1.165, 1.54) is 38.5 Å². The maximum absolute atomic E-state index is 13.1. The summed E-state index contributed by atoms with van der Waals surface area (Å²) in [5.74, 6) is 0. The zero-order valence-electron chi connectivity index (χ0n) is 25.5. The van der Waals surface area contributed by atoms with E-state index in [-0.39, 0.29) is 48.8 Å². The van der Waals surface area contributed by atoms with E-state index in [9.17, 15) is 16.8 Å². The fraction of sp³-hybridized carbons (Fsp3) is 0.600. The second kappa shape index (κ2) is 16.0. The maximum Gasteiger partial charge on any atom is 0.297 e. The third-order valence-corrected chi connectivity index (χ3v) is 10.2. The largest absolute Gasteiger partial charge is 0.369 e. The van der Waals surface area contributed by atoms with Gasteiger partial charge in [-0.1, -0.05) is 35.4 Å². The number of aryl methyl sites for hydroxylation is 2. The predicted molar refractivity (Wildman–Crippen MR) is 158 cm³/mol. The SMILES string of the molecule is COCOC[C@H](OS(=O)(=O)c1ccc(C)cc1)[C@H]1CC[C@H]([C@H]2CC[C@H]([C@H](COCOC)OS(=O)(=O)c3ccc(C)cc3)O2)O1. The van der Waals surface area contributed by atoms with Crippen molar-refractivity contribution in [3.8, 4) is 0 Å². The van der Waals surface area contributed by atoms with Crippen LogP contribution in [0, 0.1) is 13.8 Å². The first-order valence-electron chi connectivity index (χ1n) is 14.5. The molecule has 0 radical (unpaired) electrons. The first-order chi connectivity index (χ1) is 21.0. The molecule has 4 rings (SSSR count). The number of ether oxygens (including phenoxy) is 6. The minimum atomic E-state index is -4.09. The molecule has 2 aromatic rings. The van der Waals surface area contributed by atoms with Gasteiger partial charge in [-0.2, -0.15) is 16.8 Å². The van der Waals surface area contributed by atoms with E-state index in [2.05, 4.69) is 0 Å². The topological polar surface area (TPSA) is 142 Å². The Hall–Kier alpha value is -1.98. The van der Waals surface area contributed by atoms with Gasteiger partial charge in [-0.3, -0.25) is 8.37 Å². The zero-order valence-corrected chi connectivity index (χ0v) is 27.1. The zero-order chi connectivity index (χ0) is 31.7. The summed E-state index contributed by atoms with van der Waals surface area (Å²) in [6.45, 7) is 3.54. The average molecular weight is 659 g/mol. The van der Waals surface area contributed by atoms with Crippen molar-refractivity contribution in [2.45, 2.75) is 85.9 Å². The molecular formula is C30H42O12S2. The highest BCUT2D eigenvalue weighted by Gasteiger charge is 2.44. The van der Waals surface area contributed by atoms with Crippen molar-refractivity contribution in [2.24, 2.45) is 0 Å². The summed E-state index contributed by atoms with van der Waals surface area (Å²) in [6, 6.07) is 12.8. The summed E-state index contributed by atoms with van der Waals surface area (Å²) < 4.78 is 97.0. The van der Waals surface area contributed by atoms with E-state index in [1.54, 1.807) is 24.3 Å². The lowest BCUT2D eigenvalue weighted by Crippen LogP contribution is -2.39. The number of hydrogen-bond donors (Lipinski definition) is 0. The molecule has 44 heavy (non-hydrogen) atoms. The molecule has 12 nitrogen and oxygen atoms in total. The summed E-state index contributed by atoms with van der Waals surface area (Å²) in [4.78, 5) is 0.0809. The predicted octanol–water partition coefficient (Wildman–Crippen LogP) is 3.49. The molecule has 246 valence electrons. The Morgan fingerprint density at radius 2 is 1.00 bits per heavy atom. The van der Waals surface area contributed by atoms with E-state index < -0.39 is 44.7 Å². The van der Waals surface area contributed by atoms with Gasteiger partial charge in [0.25, 0.3) is 20.2 Å². The lowest BCUT2D eigenvalue weighted by atomic mass is 10.0. The van der Waals surface area contributed by atoms with E-state index in [4.69, 9.17) is 36.8 Å². The molecule has 2 aliphatic rings. The van der Waals surface area contributed by atoms with Crippen LogP contribution >= 0.6 is 0 Å². The smallest absolute Gasteiger partial charge is 0.297 e. The molecule has 2 aromatic carbocycles. The average Bonchev–Trinajstić information content (AvgIpc) is 3.67. The van der Waals surface area contributed by atoms with Crippen molar-refractivity contribution in [2.75, 3.05) is 41.0 Å². The number of methoxy groups -OCH3 is 2. The monoisotopic (exact) mass is 658 g/mol. The molecule has 2 saturated heterocycles. The van der Waals surface area contributed by atoms with Gasteiger partial charge >= 0.3 is 0 Å². The van der Waals surface area contributed by atoms with Crippen LogP contribution in [0.5, 0.6) is 0 Å². The second-order valence-corrected chi connectivity index (χ2v) is 14.1. The third-order valence-electron chi connectivity index (χ3n) is 7.50. The van der Waals surface area contributed by atoms with E-state index in [0.717, 1.165) is 11.1 Å². The van der Waals surface area contributed by atoms with Crippen LogP contribution in [0.3, 0.4) is 0 Å². The van der Waals surface area contributed by atoms with Crippen molar-refractivity contribution in [3.05, 3.63) is 59.7 Å². The molecule has 0 aromatic heterocycles. The molecule has 0 saturated carbocycles. The summed E-state index contributed by atoms with van der Waals surface area (Å²) in [6.07, 6.45) is -1.54. The molecule has 0 aliphatic carbocycles. The van der Waals surface area contributed by atoms with Crippen molar-refractivity contribution >= 4 is 20.2 Å². The van der Waals surface area contributed by atoms with Crippen LogP contribution in [-0.4, -0.2) is 94.5 Å². The minimum Gasteiger partial charge on any atom is -0.369 e. The Kier molecular flexibility index (Phi) is 12.7. The van der Waals surface area contributed by atoms with Crippen LogP contribution in [0.4, 0.5) is 0 Å². The number of benzene rings is 2. The van der Waals surface area contributed by atoms with Gasteiger partial charge in [0.1, 0.15) is 25.8 Å². The number of hydrogen-bond acceptors (Lipinski definition) is 12. The highest BCUT2D eigenvalue weighted by atomic mass is 32.2. The molecule has 0 bridgehead atoms. The molecule has 2 fully saturated rings. The lowest BCUT2D eigenvalue weighted by Gasteiger charge is -2.27. The molecular weight excluding hydrogens is 616 g/mol. The van der Waals surface area contributed by atoms with Crippen molar-refractivity contribution in [1.29, 1.82) is 0 Å². The van der Waals surface area contributed by atoms with Crippen LogP contribution in [0.2, 0.25) is 0 Å². The molecule has 0 spiro atoms. The van der Waals surface area contributed by atoms with Crippen molar-refractivity contribution < 1.29 is 53.6 Å². The Bertz CT molecular complexity index is 1270. The van der Waals surface area contributed by atoms with Gasteiger partial charge in [0.05, 0.1) is 47.4 Å². The van der Waals surface area contributed by atoms with Gasteiger partial charge in [0.15, 0.2) is 0 Å². The summed E-state index contributed by atoms with van der Waals surface area (Å²) in [5, 5.41) is 0. The van der Waals surface area contributed by atoms with Crippen LogP contribution in [0.25, 0.3) is 0 Å². The van der Waals surface area contributed by atoms with Gasteiger partial charge in [0, 0.05) is 14.2 Å². The number of rotatable bonds is 17. The van der Waals surface area contributed by atoms with Gasteiger partial charge in [-0.15, -0.1) is 0 Å². The van der Waals surface area contributed by atoms with Gasteiger partial charge < -0.3 is 28.4 Å². The van der Waals surface area contributed by atoms with E-state index >= 15 is 0 Å². The van der Waals surface area contributed by atoms with Gasteiger partial charge in [0.2, 0.25) is 0 Å². The van der Waals surface area contributed by atoms with E-state index in [0.29, 0.717) is 25.7 Å². The molecule has 2 aliphatic heterocycles. The normalized spacial score (nSPS) is 24.0. The Morgan fingerprint density at radius 3 is 1.34 bits per heavy atom. The summed E-state index contributed by atoms with van der Waals surface area (Å²) in [7, 11) is -5.24. The maximum atomic E-state index is 13.1. The van der Waals surface area contributed by atoms with Crippen molar-refractivity contribution in [3.63, 3.8) is 0 Å². The Balaban J connectivity index is 1.41. The molecule has 0 amide bonds. The molecule has 0 unspecified atom stereocenters. The summed E-state index contributed by atoms with van der Waals surface area (Å²) in [5.41, 5.74) is 1.85. The highest BCUT2D eigenvalue weighted by molar-refractivity contribution is 7.87. The fourth-order valence-corrected chi connectivity index (χ4v) is 7.38. The van der Waals surface area contributed by atoms with Crippen LogP contribution in [0.1, 0.15) is 36.8 Å². The quantitative estimate of drug-likeness (QED) is 0.140. The van der Waals surface area contributed by atoms with E-state index in [1.807, 2.05) is 13.8 Å². The van der Waals surface area contributed by atoms with Gasteiger partial charge in [-0.25, -0.2) is 0 Å². The molecule has 6 atom stereocenters. The third kappa shape index (κ3) is 9.52. The van der Waals surface area contributed by atoms with Crippen LogP contribution in [0.15, 0.2) is 58.3 Å². The van der Waals surface area contributed by atoms with Crippen molar-refractivity contribution in [1.82, 2.24) is 0 Å². The Labute approximate surface area is 260 Å². The van der Waals surface area contributed by atoms with Crippen LogP contribution in [-0.2, 0) is 57.0 Å². The lowest BCUT2D eigenvalue weighted by molar-refractivity contribution is -0.129. The molecule has 0 N–H and O–H groups in total. The Morgan fingerprint density at radius 1 is 0.636 bits per heavy atom. The highest BCUT2D eigenvalue weighted by Crippen LogP contribution is 2.35. The molecule has 2 heterocycles. The fourth-order valence-electron chi connectivity index (χ4n) is 5.21. The first-order valence-corrected chi connectivity index (χ1v) is 17.3. The summed E-state index contributed by atoms with van der Waals surface area (Å²) >= 11 is 0. The van der Waals surface area contributed by atoms with Gasteiger partial charge in [-0.05, 0) is 63.8 Å². The minimum absolute atomic E-state index is 0.0357.